The Morgan fingerprint density at radius 3 is 2.75 bits per heavy atom. The Labute approximate surface area is 101 Å². The number of thiol groups is 1. The van der Waals surface area contributed by atoms with Crippen LogP contribution in [-0.2, 0) is 0 Å². The molecule has 0 bridgehead atoms. The lowest BCUT2D eigenvalue weighted by molar-refractivity contribution is 0.0939. The number of hydrogen-bond acceptors (Lipinski definition) is 4. The first-order valence-corrected chi connectivity index (χ1v) is 5.93. The molecular weight excluding hydrogens is 222 g/mol. The molecule has 1 aromatic heterocycles. The van der Waals surface area contributed by atoms with Crippen LogP contribution in [0.15, 0.2) is 18.6 Å². The van der Waals surface area contributed by atoms with Crippen LogP contribution in [0.5, 0.6) is 0 Å². The number of nitrogens with zero attached hydrogens (tertiary/aromatic N) is 2. The Balaban J connectivity index is 2.42. The van der Waals surface area contributed by atoms with Crippen molar-refractivity contribution in [1.29, 1.82) is 0 Å². The number of nitrogens with one attached hydrogen (secondary N) is 1. The third kappa shape index (κ3) is 3.81. The van der Waals surface area contributed by atoms with Crippen LogP contribution in [0, 0.1) is 11.8 Å². The Hall–Kier alpha value is -1.10. The maximum Gasteiger partial charge on any atom is 0.271 e. The van der Waals surface area contributed by atoms with Crippen LogP contribution in [0.25, 0.3) is 0 Å². The molecule has 1 amide bonds. The molecule has 2 unspecified atom stereocenters. The van der Waals surface area contributed by atoms with Gasteiger partial charge in [-0.2, -0.15) is 12.6 Å². The zero-order valence-electron chi connectivity index (χ0n) is 9.55. The summed E-state index contributed by atoms with van der Waals surface area (Å²) in [5.41, 5.74) is 0.355. The van der Waals surface area contributed by atoms with Crippen LogP contribution in [0.1, 0.15) is 24.3 Å². The molecule has 0 aliphatic carbocycles. The molecule has 1 N–H and O–H groups in total. The fourth-order valence-electron chi connectivity index (χ4n) is 1.14. The van der Waals surface area contributed by atoms with Gasteiger partial charge in [0, 0.05) is 18.9 Å². The topological polar surface area (TPSA) is 54.9 Å². The van der Waals surface area contributed by atoms with E-state index in [1.54, 1.807) is 6.20 Å². The van der Waals surface area contributed by atoms with Crippen molar-refractivity contribution in [1.82, 2.24) is 15.3 Å². The van der Waals surface area contributed by atoms with Gasteiger partial charge in [-0.1, -0.05) is 13.8 Å². The van der Waals surface area contributed by atoms with Crippen molar-refractivity contribution in [3.8, 4) is 0 Å². The van der Waals surface area contributed by atoms with Crippen molar-refractivity contribution >= 4 is 18.5 Å². The zero-order chi connectivity index (χ0) is 12.0. The lowest BCUT2D eigenvalue weighted by atomic mass is 9.98. The monoisotopic (exact) mass is 239 g/mol. The Bertz CT molecular complexity index is 331. The summed E-state index contributed by atoms with van der Waals surface area (Å²) in [7, 11) is 0. The summed E-state index contributed by atoms with van der Waals surface area (Å²) in [6.07, 6.45) is 4.51. The minimum atomic E-state index is -0.175. The third-order valence-electron chi connectivity index (χ3n) is 2.64. The van der Waals surface area contributed by atoms with Crippen molar-refractivity contribution in [2.24, 2.45) is 11.8 Å². The lowest BCUT2D eigenvalue weighted by Gasteiger charge is -2.17. The lowest BCUT2D eigenvalue weighted by Crippen LogP contribution is -2.31. The SMILES string of the molecule is CC(CS)C(C)CNC(=O)c1cnccn1. The van der Waals surface area contributed by atoms with E-state index in [2.05, 4.69) is 41.8 Å². The quantitative estimate of drug-likeness (QED) is 0.764. The molecule has 16 heavy (non-hydrogen) atoms. The predicted octanol–water partition coefficient (Wildman–Crippen LogP) is 1.41. The number of carbonyl (C=O) groups is 1. The van der Waals surface area contributed by atoms with E-state index in [1.807, 2.05) is 0 Å². The Morgan fingerprint density at radius 1 is 1.44 bits per heavy atom. The Kier molecular flexibility index (Phi) is 5.25. The molecule has 1 heterocycles. The van der Waals surface area contributed by atoms with Gasteiger partial charge < -0.3 is 5.32 Å². The molecule has 4 nitrogen and oxygen atoms in total. The van der Waals surface area contributed by atoms with Gasteiger partial charge in [0.15, 0.2) is 0 Å². The van der Waals surface area contributed by atoms with Gasteiger partial charge >= 0.3 is 0 Å². The molecule has 88 valence electrons. The van der Waals surface area contributed by atoms with Gasteiger partial charge in [0.25, 0.3) is 5.91 Å². The average Bonchev–Trinajstić information content (AvgIpc) is 2.35. The van der Waals surface area contributed by atoms with E-state index in [4.69, 9.17) is 0 Å². The summed E-state index contributed by atoms with van der Waals surface area (Å²) in [5, 5.41) is 2.84. The molecule has 0 aliphatic heterocycles. The highest BCUT2D eigenvalue weighted by Crippen LogP contribution is 2.10. The van der Waals surface area contributed by atoms with Gasteiger partial charge in [-0.25, -0.2) is 4.98 Å². The van der Waals surface area contributed by atoms with Crippen LogP contribution in [0.3, 0.4) is 0 Å². The maximum absolute atomic E-state index is 11.6. The third-order valence-corrected chi connectivity index (χ3v) is 3.22. The highest BCUT2D eigenvalue weighted by atomic mass is 32.1. The molecule has 2 atom stereocenters. The first-order valence-electron chi connectivity index (χ1n) is 5.30. The highest BCUT2D eigenvalue weighted by Gasteiger charge is 2.13. The van der Waals surface area contributed by atoms with Gasteiger partial charge in [0.1, 0.15) is 5.69 Å². The summed E-state index contributed by atoms with van der Waals surface area (Å²) < 4.78 is 0. The smallest absolute Gasteiger partial charge is 0.271 e. The van der Waals surface area contributed by atoms with Crippen molar-refractivity contribution in [3.63, 3.8) is 0 Å². The van der Waals surface area contributed by atoms with E-state index in [1.165, 1.54) is 12.4 Å². The number of rotatable bonds is 5. The van der Waals surface area contributed by atoms with E-state index in [9.17, 15) is 4.79 Å². The number of aromatic nitrogens is 2. The molecular formula is C11H17N3OS. The summed E-state index contributed by atoms with van der Waals surface area (Å²) in [6, 6.07) is 0. The molecule has 0 radical (unpaired) electrons. The maximum atomic E-state index is 11.6. The van der Waals surface area contributed by atoms with Crippen LogP contribution in [0.4, 0.5) is 0 Å². The molecule has 1 rings (SSSR count). The molecule has 0 aromatic carbocycles. The largest absolute Gasteiger partial charge is 0.350 e. The Morgan fingerprint density at radius 2 is 2.19 bits per heavy atom. The number of amides is 1. The molecule has 0 saturated carbocycles. The van der Waals surface area contributed by atoms with Crippen molar-refractivity contribution in [2.75, 3.05) is 12.3 Å². The minimum absolute atomic E-state index is 0.175. The van der Waals surface area contributed by atoms with E-state index in [0.717, 1.165) is 5.75 Å². The van der Waals surface area contributed by atoms with Crippen molar-refractivity contribution in [3.05, 3.63) is 24.3 Å². The second kappa shape index (κ2) is 6.48. The summed E-state index contributed by atoms with van der Waals surface area (Å²) in [4.78, 5) is 19.4. The van der Waals surface area contributed by atoms with Gasteiger partial charge in [-0.3, -0.25) is 9.78 Å². The predicted molar refractivity (Wildman–Crippen MR) is 66.5 cm³/mol. The standard InChI is InChI=1S/C11H17N3OS/c1-8(9(2)7-16)5-14-11(15)10-6-12-3-4-13-10/h3-4,6,8-9,16H,5,7H2,1-2H3,(H,14,15). The number of carbonyl (C=O) groups excluding carboxylic acids is 1. The summed E-state index contributed by atoms with van der Waals surface area (Å²) >= 11 is 4.23. The van der Waals surface area contributed by atoms with Gasteiger partial charge in [-0.15, -0.1) is 0 Å². The van der Waals surface area contributed by atoms with Crippen LogP contribution in [0.2, 0.25) is 0 Å². The van der Waals surface area contributed by atoms with Gasteiger partial charge in [-0.05, 0) is 17.6 Å². The molecule has 5 heteroatoms. The molecule has 0 spiro atoms. The number of hydrogen-bond donors (Lipinski definition) is 2. The van der Waals surface area contributed by atoms with Crippen LogP contribution in [-0.4, -0.2) is 28.2 Å². The van der Waals surface area contributed by atoms with Crippen LogP contribution >= 0.6 is 12.6 Å². The fraction of sp³-hybridized carbons (Fsp3) is 0.545. The van der Waals surface area contributed by atoms with Crippen molar-refractivity contribution < 1.29 is 4.79 Å². The normalized spacial score (nSPS) is 14.2. The van der Waals surface area contributed by atoms with E-state index in [-0.39, 0.29) is 5.91 Å². The van der Waals surface area contributed by atoms with E-state index < -0.39 is 0 Å². The van der Waals surface area contributed by atoms with Crippen molar-refractivity contribution in [2.45, 2.75) is 13.8 Å². The minimum Gasteiger partial charge on any atom is -0.350 e. The highest BCUT2D eigenvalue weighted by molar-refractivity contribution is 7.80. The fourth-order valence-corrected chi connectivity index (χ4v) is 1.50. The van der Waals surface area contributed by atoms with E-state index in [0.29, 0.717) is 24.1 Å². The zero-order valence-corrected chi connectivity index (χ0v) is 10.4. The first kappa shape index (κ1) is 13.0. The van der Waals surface area contributed by atoms with E-state index >= 15 is 0 Å². The summed E-state index contributed by atoms with van der Waals surface area (Å²) in [5.74, 6) is 1.53. The summed E-state index contributed by atoms with van der Waals surface area (Å²) in [6.45, 7) is 4.85. The second-order valence-electron chi connectivity index (χ2n) is 3.94. The molecule has 1 aromatic rings. The van der Waals surface area contributed by atoms with Crippen LogP contribution < -0.4 is 5.32 Å². The molecule has 0 saturated heterocycles. The van der Waals surface area contributed by atoms with Gasteiger partial charge in [0.05, 0.1) is 6.20 Å². The van der Waals surface area contributed by atoms with Gasteiger partial charge in [0.2, 0.25) is 0 Å². The molecule has 0 aliphatic rings. The average molecular weight is 239 g/mol. The second-order valence-corrected chi connectivity index (χ2v) is 4.30. The first-order chi connectivity index (χ1) is 7.65. The molecule has 0 fully saturated rings.